The van der Waals surface area contributed by atoms with E-state index in [1.165, 1.54) is 11.3 Å². The average molecular weight is 248 g/mol. The molecule has 0 aliphatic carbocycles. The van der Waals surface area contributed by atoms with Gasteiger partial charge in [0.2, 0.25) is 0 Å². The first-order chi connectivity index (χ1) is 8.16. The summed E-state index contributed by atoms with van der Waals surface area (Å²) >= 11 is 1.36. The second kappa shape index (κ2) is 4.97. The van der Waals surface area contributed by atoms with Crippen LogP contribution >= 0.6 is 11.3 Å². The number of nitrogens with zero attached hydrogens (tertiary/aromatic N) is 1. The van der Waals surface area contributed by atoms with Crippen LogP contribution in [0.5, 0.6) is 0 Å². The van der Waals surface area contributed by atoms with Crippen LogP contribution in [-0.4, -0.2) is 16.1 Å². The first-order valence-electron chi connectivity index (χ1n) is 5.17. The molecule has 0 amide bonds. The van der Waals surface area contributed by atoms with Crippen LogP contribution in [0.1, 0.15) is 17.7 Å². The first-order valence-corrected chi connectivity index (χ1v) is 5.99. The predicted molar refractivity (Wildman–Crippen MR) is 67.9 cm³/mol. The number of carboxylic acid groups (broad SMARTS) is 1. The van der Waals surface area contributed by atoms with Gasteiger partial charge < -0.3 is 10.4 Å². The minimum Gasteiger partial charge on any atom is -0.481 e. The van der Waals surface area contributed by atoms with Gasteiger partial charge in [0.15, 0.2) is 5.13 Å². The van der Waals surface area contributed by atoms with E-state index < -0.39 is 11.9 Å². The molecule has 5 heteroatoms. The van der Waals surface area contributed by atoms with Crippen molar-refractivity contribution >= 4 is 28.1 Å². The van der Waals surface area contributed by atoms with Crippen molar-refractivity contribution in [2.24, 2.45) is 0 Å². The molecule has 1 aromatic carbocycles. The summed E-state index contributed by atoms with van der Waals surface area (Å²) < 4.78 is 0. The molecule has 1 unspecified atom stereocenters. The molecular weight excluding hydrogens is 236 g/mol. The number of rotatable bonds is 4. The summed E-state index contributed by atoms with van der Waals surface area (Å²) in [5.74, 6) is -1.35. The molecule has 88 valence electrons. The molecular formula is C12H12N2O2S. The standard InChI is InChI=1S/C12H12N2O2S/c1-8(11(15)16)10-7-13-12(17-10)14-9-5-3-2-4-6-9/h2-8H,1H3,(H,13,14)(H,15,16). The third-order valence-electron chi connectivity index (χ3n) is 2.35. The molecule has 17 heavy (non-hydrogen) atoms. The lowest BCUT2D eigenvalue weighted by Gasteiger charge is -2.01. The molecule has 0 bridgehead atoms. The summed E-state index contributed by atoms with van der Waals surface area (Å²) in [6.07, 6.45) is 1.61. The lowest BCUT2D eigenvalue weighted by atomic mass is 10.2. The smallest absolute Gasteiger partial charge is 0.311 e. The van der Waals surface area contributed by atoms with E-state index in [1.54, 1.807) is 13.1 Å². The summed E-state index contributed by atoms with van der Waals surface area (Å²) in [5.41, 5.74) is 0.941. The number of anilines is 2. The van der Waals surface area contributed by atoms with Gasteiger partial charge in [0.25, 0.3) is 0 Å². The van der Waals surface area contributed by atoms with Crippen LogP contribution < -0.4 is 5.32 Å². The van der Waals surface area contributed by atoms with E-state index in [2.05, 4.69) is 10.3 Å². The fourth-order valence-electron chi connectivity index (χ4n) is 1.31. The van der Waals surface area contributed by atoms with E-state index in [-0.39, 0.29) is 0 Å². The average Bonchev–Trinajstić information content (AvgIpc) is 2.77. The van der Waals surface area contributed by atoms with Crippen molar-refractivity contribution in [2.75, 3.05) is 5.32 Å². The number of nitrogens with one attached hydrogen (secondary N) is 1. The van der Waals surface area contributed by atoms with Gasteiger partial charge >= 0.3 is 5.97 Å². The molecule has 2 rings (SSSR count). The largest absolute Gasteiger partial charge is 0.481 e. The van der Waals surface area contributed by atoms with E-state index in [4.69, 9.17) is 5.11 Å². The maximum Gasteiger partial charge on any atom is 0.311 e. The van der Waals surface area contributed by atoms with Crippen LogP contribution in [0.4, 0.5) is 10.8 Å². The predicted octanol–water partition coefficient (Wildman–Crippen LogP) is 3.07. The van der Waals surface area contributed by atoms with Crippen LogP contribution in [-0.2, 0) is 4.79 Å². The fraction of sp³-hybridized carbons (Fsp3) is 0.167. The van der Waals surface area contributed by atoms with Gasteiger partial charge in [0.1, 0.15) is 0 Å². The SMILES string of the molecule is CC(C(=O)O)c1cnc(Nc2ccccc2)s1. The second-order valence-electron chi connectivity index (χ2n) is 3.62. The summed E-state index contributed by atoms with van der Waals surface area (Å²) in [7, 11) is 0. The van der Waals surface area contributed by atoms with Crippen LogP contribution in [0.2, 0.25) is 0 Å². The quantitative estimate of drug-likeness (QED) is 0.872. The van der Waals surface area contributed by atoms with E-state index in [9.17, 15) is 4.79 Å². The lowest BCUT2D eigenvalue weighted by Crippen LogP contribution is -2.05. The number of aromatic nitrogens is 1. The Morgan fingerprint density at radius 1 is 1.41 bits per heavy atom. The molecule has 0 radical (unpaired) electrons. The Bertz CT molecular complexity index is 510. The number of hydrogen-bond acceptors (Lipinski definition) is 4. The van der Waals surface area contributed by atoms with Crippen molar-refractivity contribution in [3.05, 3.63) is 41.4 Å². The zero-order valence-corrected chi connectivity index (χ0v) is 10.1. The number of aliphatic carboxylic acids is 1. The number of carboxylic acids is 1. The topological polar surface area (TPSA) is 62.2 Å². The zero-order valence-electron chi connectivity index (χ0n) is 9.25. The van der Waals surface area contributed by atoms with Gasteiger partial charge in [0, 0.05) is 16.8 Å². The Labute approximate surface area is 103 Å². The van der Waals surface area contributed by atoms with Crippen molar-refractivity contribution in [3.63, 3.8) is 0 Å². The second-order valence-corrected chi connectivity index (χ2v) is 4.68. The van der Waals surface area contributed by atoms with Crippen LogP contribution in [0, 0.1) is 0 Å². The van der Waals surface area contributed by atoms with Crippen molar-refractivity contribution in [2.45, 2.75) is 12.8 Å². The molecule has 0 fully saturated rings. The highest BCUT2D eigenvalue weighted by atomic mass is 32.1. The van der Waals surface area contributed by atoms with E-state index in [0.717, 1.165) is 10.6 Å². The van der Waals surface area contributed by atoms with Crippen molar-refractivity contribution in [3.8, 4) is 0 Å². The molecule has 1 aromatic heterocycles. The Hall–Kier alpha value is -1.88. The van der Waals surface area contributed by atoms with Crippen LogP contribution in [0.25, 0.3) is 0 Å². The maximum atomic E-state index is 10.8. The molecule has 4 nitrogen and oxygen atoms in total. The van der Waals surface area contributed by atoms with Crippen molar-refractivity contribution in [1.82, 2.24) is 4.98 Å². The summed E-state index contributed by atoms with van der Waals surface area (Å²) in [6.45, 7) is 1.65. The molecule has 0 saturated carbocycles. The molecule has 1 heterocycles. The molecule has 0 saturated heterocycles. The van der Waals surface area contributed by atoms with Gasteiger partial charge in [-0.3, -0.25) is 4.79 Å². The van der Waals surface area contributed by atoms with E-state index in [0.29, 0.717) is 5.13 Å². The third-order valence-corrected chi connectivity index (χ3v) is 3.44. The number of benzene rings is 1. The summed E-state index contributed by atoms with van der Waals surface area (Å²) in [4.78, 5) is 15.7. The molecule has 1 atom stereocenters. The number of thiazole rings is 1. The normalized spacial score (nSPS) is 12.1. The number of para-hydroxylation sites is 1. The molecule has 0 aliphatic heterocycles. The highest BCUT2D eigenvalue weighted by molar-refractivity contribution is 7.15. The maximum absolute atomic E-state index is 10.8. The Balaban J connectivity index is 2.11. The minimum absolute atomic E-state index is 0.515. The van der Waals surface area contributed by atoms with Gasteiger partial charge in [-0.2, -0.15) is 0 Å². The first kappa shape index (κ1) is 11.6. The van der Waals surface area contributed by atoms with Crippen molar-refractivity contribution < 1.29 is 9.90 Å². The Morgan fingerprint density at radius 2 is 2.12 bits per heavy atom. The third kappa shape index (κ3) is 2.82. The van der Waals surface area contributed by atoms with Crippen LogP contribution in [0.15, 0.2) is 36.5 Å². The van der Waals surface area contributed by atoms with Gasteiger partial charge in [-0.25, -0.2) is 4.98 Å². The van der Waals surface area contributed by atoms with Crippen LogP contribution in [0.3, 0.4) is 0 Å². The van der Waals surface area contributed by atoms with Crippen molar-refractivity contribution in [1.29, 1.82) is 0 Å². The van der Waals surface area contributed by atoms with E-state index in [1.807, 2.05) is 30.3 Å². The molecule has 0 spiro atoms. The number of hydrogen-bond donors (Lipinski definition) is 2. The van der Waals surface area contributed by atoms with E-state index >= 15 is 0 Å². The number of carbonyl (C=O) groups is 1. The summed E-state index contributed by atoms with van der Waals surface area (Å²) in [5, 5.41) is 12.7. The lowest BCUT2D eigenvalue weighted by molar-refractivity contribution is -0.138. The summed E-state index contributed by atoms with van der Waals surface area (Å²) in [6, 6.07) is 9.65. The van der Waals surface area contributed by atoms with Gasteiger partial charge in [-0.05, 0) is 19.1 Å². The van der Waals surface area contributed by atoms with Gasteiger partial charge in [-0.1, -0.05) is 18.2 Å². The Kier molecular flexibility index (Phi) is 3.39. The van der Waals surface area contributed by atoms with Gasteiger partial charge in [0.05, 0.1) is 5.92 Å². The zero-order chi connectivity index (χ0) is 12.3. The fourth-order valence-corrected chi connectivity index (χ4v) is 2.19. The monoisotopic (exact) mass is 248 g/mol. The molecule has 0 aliphatic rings. The highest BCUT2D eigenvalue weighted by Crippen LogP contribution is 2.27. The van der Waals surface area contributed by atoms with Gasteiger partial charge in [-0.15, -0.1) is 11.3 Å². The molecule has 2 N–H and O–H groups in total. The minimum atomic E-state index is -0.833. The Morgan fingerprint density at radius 3 is 2.76 bits per heavy atom. The highest BCUT2D eigenvalue weighted by Gasteiger charge is 2.16. The molecule has 2 aromatic rings.